The minimum absolute atomic E-state index is 0.153. The number of carbonyl (C=O) groups is 2. The van der Waals surface area contributed by atoms with Crippen molar-refractivity contribution in [3.63, 3.8) is 0 Å². The Morgan fingerprint density at radius 3 is 2.83 bits per heavy atom. The van der Waals surface area contributed by atoms with E-state index in [1.807, 2.05) is 18.2 Å². The number of benzene rings is 1. The Kier molecular flexibility index (Phi) is 3.99. The zero-order chi connectivity index (χ0) is 13.0. The number of nitrogens with zero attached hydrogens (tertiary/aromatic N) is 2. The second-order valence-corrected chi connectivity index (χ2v) is 4.42. The summed E-state index contributed by atoms with van der Waals surface area (Å²) >= 11 is 1.10. The Bertz CT molecular complexity index is 487. The summed E-state index contributed by atoms with van der Waals surface area (Å²) in [5, 5.41) is 5.49. The molecule has 0 radical (unpaired) electrons. The van der Waals surface area contributed by atoms with Gasteiger partial charge < -0.3 is 4.74 Å². The van der Waals surface area contributed by atoms with Gasteiger partial charge in [0.1, 0.15) is 0 Å². The number of amides is 1. The second-order valence-electron chi connectivity index (χ2n) is 3.46. The molecule has 0 N–H and O–H groups in total. The van der Waals surface area contributed by atoms with E-state index in [9.17, 15) is 9.59 Å². The number of esters is 1. The van der Waals surface area contributed by atoms with Gasteiger partial charge in [0.25, 0.3) is 5.91 Å². The lowest BCUT2D eigenvalue weighted by Gasteiger charge is -2.22. The zero-order valence-corrected chi connectivity index (χ0v) is 10.6. The summed E-state index contributed by atoms with van der Waals surface area (Å²) < 4.78 is 4.87. The number of hydrogen-bond acceptors (Lipinski definition) is 5. The van der Waals surface area contributed by atoms with Gasteiger partial charge in [0.2, 0.25) is 5.04 Å². The number of hydrogen-bond donors (Lipinski definition) is 0. The summed E-state index contributed by atoms with van der Waals surface area (Å²) in [6, 6.07) is 9.00. The number of ether oxygens (including phenoxy) is 1. The van der Waals surface area contributed by atoms with Crippen LogP contribution in [0, 0.1) is 0 Å². The van der Waals surface area contributed by atoms with Gasteiger partial charge in [0.15, 0.2) is 0 Å². The summed E-state index contributed by atoms with van der Waals surface area (Å²) in [5.41, 5.74) is 0.643. The summed E-state index contributed by atoms with van der Waals surface area (Å²) in [7, 11) is 0. The van der Waals surface area contributed by atoms with Crippen molar-refractivity contribution in [2.75, 3.05) is 17.4 Å². The highest BCUT2D eigenvalue weighted by Crippen LogP contribution is 2.22. The molecular weight excluding hydrogens is 252 g/mol. The minimum Gasteiger partial charge on any atom is -0.461 e. The number of carbonyl (C=O) groups excluding carboxylic acids is 2. The molecule has 1 aromatic carbocycles. The standard InChI is InChI=1S/C12H12N2O3S/c1-2-17-12(16)11-13-14(10(15)8-18-11)9-6-4-3-5-7-9/h3-7H,2,8H2,1H3. The molecule has 5 nitrogen and oxygen atoms in total. The molecule has 1 aliphatic rings. The van der Waals surface area contributed by atoms with Gasteiger partial charge in [-0.1, -0.05) is 30.0 Å². The van der Waals surface area contributed by atoms with Crippen molar-refractivity contribution >= 4 is 34.4 Å². The smallest absolute Gasteiger partial charge is 0.365 e. The average molecular weight is 264 g/mol. The Hall–Kier alpha value is -1.82. The molecule has 0 saturated carbocycles. The van der Waals surface area contributed by atoms with Crippen molar-refractivity contribution in [1.82, 2.24) is 0 Å². The van der Waals surface area contributed by atoms with Crippen molar-refractivity contribution in [3.05, 3.63) is 30.3 Å². The van der Waals surface area contributed by atoms with E-state index in [2.05, 4.69) is 5.10 Å². The lowest BCUT2D eigenvalue weighted by Crippen LogP contribution is -2.35. The summed E-state index contributed by atoms with van der Waals surface area (Å²) in [6.45, 7) is 2.02. The first-order chi connectivity index (χ1) is 8.72. The van der Waals surface area contributed by atoms with Crippen LogP contribution < -0.4 is 5.01 Å². The first-order valence-electron chi connectivity index (χ1n) is 5.49. The van der Waals surface area contributed by atoms with Crippen molar-refractivity contribution in [2.45, 2.75) is 6.92 Å². The van der Waals surface area contributed by atoms with Gasteiger partial charge >= 0.3 is 5.97 Å². The van der Waals surface area contributed by atoms with Crippen LogP contribution in [0.3, 0.4) is 0 Å². The normalized spacial score (nSPS) is 15.3. The molecule has 0 bridgehead atoms. The number of rotatable bonds is 3. The van der Waals surface area contributed by atoms with Crippen LogP contribution in [0.5, 0.6) is 0 Å². The molecule has 0 spiro atoms. The molecule has 94 valence electrons. The van der Waals surface area contributed by atoms with Gasteiger partial charge in [-0.3, -0.25) is 4.79 Å². The third kappa shape index (κ3) is 2.70. The molecule has 1 heterocycles. The number of thioether (sulfide) groups is 1. The van der Waals surface area contributed by atoms with Crippen LogP contribution in [0.25, 0.3) is 0 Å². The van der Waals surface area contributed by atoms with Gasteiger partial charge in [-0.15, -0.1) is 0 Å². The quantitative estimate of drug-likeness (QED) is 0.779. The highest BCUT2D eigenvalue weighted by Gasteiger charge is 2.26. The van der Waals surface area contributed by atoms with Crippen LogP contribution >= 0.6 is 11.8 Å². The number of anilines is 1. The van der Waals surface area contributed by atoms with E-state index in [0.29, 0.717) is 5.69 Å². The fourth-order valence-electron chi connectivity index (χ4n) is 1.43. The third-order valence-electron chi connectivity index (χ3n) is 2.21. The molecule has 0 atom stereocenters. The van der Waals surface area contributed by atoms with Crippen LogP contribution in [0.1, 0.15) is 6.92 Å². The maximum atomic E-state index is 11.8. The van der Waals surface area contributed by atoms with Crippen LogP contribution in [-0.4, -0.2) is 29.3 Å². The van der Waals surface area contributed by atoms with Crippen molar-refractivity contribution in [1.29, 1.82) is 0 Å². The fourth-order valence-corrected chi connectivity index (χ4v) is 2.13. The molecule has 0 aliphatic carbocycles. The molecule has 0 unspecified atom stereocenters. The average Bonchev–Trinajstić information content (AvgIpc) is 2.40. The van der Waals surface area contributed by atoms with Gasteiger partial charge in [-0.05, 0) is 19.1 Å². The minimum atomic E-state index is -0.490. The van der Waals surface area contributed by atoms with E-state index >= 15 is 0 Å². The summed E-state index contributed by atoms with van der Waals surface area (Å²) in [5.74, 6) is -0.456. The zero-order valence-electron chi connectivity index (χ0n) is 9.83. The maximum Gasteiger partial charge on any atom is 0.365 e. The molecule has 1 aliphatic heterocycles. The van der Waals surface area contributed by atoms with Crippen LogP contribution in [0.2, 0.25) is 0 Å². The first-order valence-corrected chi connectivity index (χ1v) is 6.47. The maximum absolute atomic E-state index is 11.8. The number of hydrazone groups is 1. The van der Waals surface area contributed by atoms with Gasteiger partial charge in [-0.2, -0.15) is 10.1 Å². The summed E-state index contributed by atoms with van der Waals surface area (Å²) in [4.78, 5) is 23.3. The van der Waals surface area contributed by atoms with Gasteiger partial charge in [0, 0.05) is 0 Å². The van der Waals surface area contributed by atoms with E-state index in [1.165, 1.54) is 5.01 Å². The molecule has 18 heavy (non-hydrogen) atoms. The lowest BCUT2D eigenvalue weighted by atomic mass is 10.3. The van der Waals surface area contributed by atoms with Gasteiger partial charge in [-0.25, -0.2) is 4.79 Å². The van der Waals surface area contributed by atoms with Gasteiger partial charge in [0.05, 0.1) is 18.0 Å². The molecule has 0 fully saturated rings. The fraction of sp³-hybridized carbons (Fsp3) is 0.250. The molecule has 1 amide bonds. The molecule has 0 saturated heterocycles. The highest BCUT2D eigenvalue weighted by molar-refractivity contribution is 8.16. The topological polar surface area (TPSA) is 59.0 Å². The molecule has 2 rings (SSSR count). The Morgan fingerprint density at radius 1 is 1.44 bits per heavy atom. The SMILES string of the molecule is CCOC(=O)C1=NN(c2ccccc2)C(=O)CS1. The van der Waals surface area contributed by atoms with Crippen LogP contribution in [0.15, 0.2) is 35.4 Å². The molecule has 6 heteroatoms. The molecule has 0 aromatic heterocycles. The molecular formula is C12H12N2O3S. The highest BCUT2D eigenvalue weighted by atomic mass is 32.2. The summed E-state index contributed by atoms with van der Waals surface area (Å²) in [6.07, 6.45) is 0. The van der Waals surface area contributed by atoms with Crippen molar-refractivity contribution in [2.24, 2.45) is 5.10 Å². The Balaban J connectivity index is 2.26. The van der Waals surface area contributed by atoms with E-state index in [-0.39, 0.29) is 23.3 Å². The van der Waals surface area contributed by atoms with Crippen LogP contribution in [-0.2, 0) is 14.3 Å². The number of para-hydroxylation sites is 1. The van der Waals surface area contributed by atoms with Crippen molar-refractivity contribution < 1.29 is 14.3 Å². The lowest BCUT2D eigenvalue weighted by molar-refractivity contribution is -0.134. The predicted molar refractivity (Wildman–Crippen MR) is 70.5 cm³/mol. The van der Waals surface area contributed by atoms with E-state index in [1.54, 1.807) is 19.1 Å². The van der Waals surface area contributed by atoms with E-state index in [4.69, 9.17) is 4.74 Å². The molecule has 1 aromatic rings. The van der Waals surface area contributed by atoms with Crippen LogP contribution in [0.4, 0.5) is 5.69 Å². The second kappa shape index (κ2) is 5.68. The Morgan fingerprint density at radius 2 is 2.17 bits per heavy atom. The Labute approximate surface area is 109 Å². The monoisotopic (exact) mass is 264 g/mol. The van der Waals surface area contributed by atoms with E-state index in [0.717, 1.165) is 11.8 Å². The van der Waals surface area contributed by atoms with Crippen molar-refractivity contribution in [3.8, 4) is 0 Å². The predicted octanol–water partition coefficient (Wildman–Crippen LogP) is 1.64. The van der Waals surface area contributed by atoms with E-state index < -0.39 is 5.97 Å². The first kappa shape index (κ1) is 12.6. The largest absolute Gasteiger partial charge is 0.461 e. The third-order valence-corrected chi connectivity index (χ3v) is 3.12.